The van der Waals surface area contributed by atoms with Gasteiger partial charge in [0.1, 0.15) is 12.1 Å². The second-order valence-electron chi connectivity index (χ2n) is 1.81. The third-order valence-electron chi connectivity index (χ3n) is 0.747. The molecule has 0 amide bonds. The fourth-order valence-corrected chi connectivity index (χ4v) is 0.407. The second-order valence-corrected chi connectivity index (χ2v) is 1.81. The highest BCUT2D eigenvalue weighted by Crippen LogP contribution is 2.24. The van der Waals surface area contributed by atoms with Crippen LogP contribution in [-0.4, -0.2) is 12.8 Å². The van der Waals surface area contributed by atoms with Crippen molar-refractivity contribution in [2.45, 2.75) is 19.5 Å². The SMILES string of the molecule is CCO/C=C(\F)CC(F)(F)F. The molecule has 0 atom stereocenters. The molecule has 0 aliphatic heterocycles. The van der Waals surface area contributed by atoms with E-state index in [1.165, 1.54) is 0 Å². The summed E-state index contributed by atoms with van der Waals surface area (Å²) in [6.07, 6.45) is -5.59. The van der Waals surface area contributed by atoms with Gasteiger partial charge in [-0.05, 0) is 6.92 Å². The van der Waals surface area contributed by atoms with Gasteiger partial charge in [-0.15, -0.1) is 0 Å². The smallest absolute Gasteiger partial charge is 0.395 e. The minimum Gasteiger partial charge on any atom is -0.499 e. The van der Waals surface area contributed by atoms with E-state index in [9.17, 15) is 17.6 Å². The Balaban J connectivity index is 3.76. The van der Waals surface area contributed by atoms with Gasteiger partial charge in [0.25, 0.3) is 0 Å². The molecule has 0 N–H and O–H groups in total. The average molecular weight is 172 g/mol. The molecule has 0 aromatic heterocycles. The van der Waals surface area contributed by atoms with Gasteiger partial charge in [-0.3, -0.25) is 0 Å². The van der Waals surface area contributed by atoms with Crippen molar-refractivity contribution in [3.63, 3.8) is 0 Å². The molecule has 0 aromatic rings. The third-order valence-corrected chi connectivity index (χ3v) is 0.747. The van der Waals surface area contributed by atoms with Crippen molar-refractivity contribution in [1.82, 2.24) is 0 Å². The van der Waals surface area contributed by atoms with Gasteiger partial charge in [-0.25, -0.2) is 4.39 Å². The van der Waals surface area contributed by atoms with Crippen LogP contribution in [0.2, 0.25) is 0 Å². The lowest BCUT2D eigenvalue weighted by Gasteiger charge is -2.02. The first-order valence-electron chi connectivity index (χ1n) is 2.98. The first-order valence-corrected chi connectivity index (χ1v) is 2.98. The number of halogens is 4. The molecular formula is C6H8F4O. The quantitative estimate of drug-likeness (QED) is 0.469. The molecule has 0 saturated heterocycles. The zero-order valence-electron chi connectivity index (χ0n) is 5.91. The van der Waals surface area contributed by atoms with Gasteiger partial charge in [-0.1, -0.05) is 0 Å². The second kappa shape index (κ2) is 4.20. The van der Waals surface area contributed by atoms with Crippen LogP contribution in [0.25, 0.3) is 0 Å². The van der Waals surface area contributed by atoms with E-state index in [0.29, 0.717) is 6.26 Å². The van der Waals surface area contributed by atoms with E-state index in [1.54, 1.807) is 6.92 Å². The number of allylic oxidation sites excluding steroid dienone is 1. The minimum absolute atomic E-state index is 0.158. The zero-order valence-corrected chi connectivity index (χ0v) is 5.91. The summed E-state index contributed by atoms with van der Waals surface area (Å²) in [5.41, 5.74) is 0. The summed E-state index contributed by atoms with van der Waals surface area (Å²) in [7, 11) is 0. The highest BCUT2D eigenvalue weighted by molar-refractivity contribution is 4.88. The summed E-state index contributed by atoms with van der Waals surface area (Å²) in [5, 5.41) is 0. The molecule has 0 unspecified atom stereocenters. The monoisotopic (exact) mass is 172 g/mol. The first-order chi connectivity index (χ1) is 4.95. The van der Waals surface area contributed by atoms with Crippen LogP contribution < -0.4 is 0 Å². The molecule has 0 heterocycles. The maximum absolute atomic E-state index is 12.1. The molecule has 0 radical (unpaired) electrons. The van der Waals surface area contributed by atoms with Crippen molar-refractivity contribution >= 4 is 0 Å². The minimum atomic E-state index is -4.50. The van der Waals surface area contributed by atoms with Gasteiger partial charge in [0.2, 0.25) is 0 Å². The highest BCUT2D eigenvalue weighted by Gasteiger charge is 2.29. The van der Waals surface area contributed by atoms with E-state index < -0.39 is 18.4 Å². The Morgan fingerprint density at radius 2 is 2.00 bits per heavy atom. The van der Waals surface area contributed by atoms with E-state index in [0.717, 1.165) is 0 Å². The summed E-state index contributed by atoms with van der Waals surface area (Å²) >= 11 is 0. The lowest BCUT2D eigenvalue weighted by Crippen LogP contribution is -2.06. The predicted octanol–water partition coefficient (Wildman–Crippen LogP) is 2.79. The van der Waals surface area contributed by atoms with E-state index in [4.69, 9.17) is 0 Å². The Morgan fingerprint density at radius 3 is 2.36 bits per heavy atom. The van der Waals surface area contributed by atoms with Gasteiger partial charge in [-0.2, -0.15) is 13.2 Å². The average Bonchev–Trinajstić information content (AvgIpc) is 1.79. The van der Waals surface area contributed by atoms with Crippen molar-refractivity contribution in [2.24, 2.45) is 0 Å². The van der Waals surface area contributed by atoms with Crippen LogP contribution >= 0.6 is 0 Å². The Labute approximate surface area is 61.7 Å². The topological polar surface area (TPSA) is 9.23 Å². The van der Waals surface area contributed by atoms with E-state index in [-0.39, 0.29) is 6.61 Å². The zero-order chi connectivity index (χ0) is 8.91. The summed E-state index contributed by atoms with van der Waals surface area (Å²) in [6.45, 7) is 1.71. The predicted molar refractivity (Wildman–Crippen MR) is 31.5 cm³/mol. The van der Waals surface area contributed by atoms with Gasteiger partial charge in [0.15, 0.2) is 0 Å². The van der Waals surface area contributed by atoms with Crippen molar-refractivity contribution < 1.29 is 22.3 Å². The van der Waals surface area contributed by atoms with Crippen molar-refractivity contribution in [3.8, 4) is 0 Å². The molecule has 0 rings (SSSR count). The number of ether oxygens (including phenoxy) is 1. The molecule has 5 heteroatoms. The van der Waals surface area contributed by atoms with Crippen LogP contribution in [0, 0.1) is 0 Å². The molecular weight excluding hydrogens is 164 g/mol. The molecule has 66 valence electrons. The summed E-state index contributed by atoms with van der Waals surface area (Å²) in [4.78, 5) is 0. The molecule has 1 nitrogen and oxygen atoms in total. The fraction of sp³-hybridized carbons (Fsp3) is 0.667. The van der Waals surface area contributed by atoms with Gasteiger partial charge >= 0.3 is 6.18 Å². The lowest BCUT2D eigenvalue weighted by molar-refractivity contribution is -0.130. The maximum Gasteiger partial charge on any atom is 0.395 e. The molecule has 0 saturated carbocycles. The van der Waals surface area contributed by atoms with Gasteiger partial charge in [0, 0.05) is 0 Å². The third kappa shape index (κ3) is 7.15. The standard InChI is InChI=1S/C6H8F4O/c1-2-11-4-5(7)3-6(8,9)10/h4H,2-3H2,1H3/b5-4-. The normalized spacial score (nSPS) is 13.4. The van der Waals surface area contributed by atoms with E-state index >= 15 is 0 Å². The molecule has 11 heavy (non-hydrogen) atoms. The van der Waals surface area contributed by atoms with Crippen LogP contribution in [0.3, 0.4) is 0 Å². The van der Waals surface area contributed by atoms with Crippen molar-refractivity contribution in [3.05, 3.63) is 12.1 Å². The number of alkyl halides is 3. The van der Waals surface area contributed by atoms with Gasteiger partial charge in [0.05, 0.1) is 13.0 Å². The number of hydrogen-bond acceptors (Lipinski definition) is 1. The summed E-state index contributed by atoms with van der Waals surface area (Å²) < 4.78 is 50.6. The number of rotatable bonds is 3. The molecule has 0 bridgehead atoms. The maximum atomic E-state index is 12.1. The summed E-state index contributed by atoms with van der Waals surface area (Å²) in [6, 6.07) is 0. The summed E-state index contributed by atoms with van der Waals surface area (Å²) in [5.74, 6) is -1.31. The lowest BCUT2D eigenvalue weighted by atomic mass is 10.4. The van der Waals surface area contributed by atoms with Crippen LogP contribution in [0.1, 0.15) is 13.3 Å². The largest absolute Gasteiger partial charge is 0.499 e. The molecule has 0 aliphatic carbocycles. The Morgan fingerprint density at radius 1 is 1.45 bits per heavy atom. The fourth-order valence-electron chi connectivity index (χ4n) is 0.407. The van der Waals surface area contributed by atoms with Crippen molar-refractivity contribution in [2.75, 3.05) is 6.61 Å². The van der Waals surface area contributed by atoms with Crippen molar-refractivity contribution in [1.29, 1.82) is 0 Å². The van der Waals surface area contributed by atoms with Crippen LogP contribution in [-0.2, 0) is 4.74 Å². The molecule has 0 aliphatic rings. The Kier molecular flexibility index (Phi) is 3.92. The molecule has 0 aromatic carbocycles. The Bertz CT molecular complexity index is 138. The molecule has 0 fully saturated rings. The molecule has 0 spiro atoms. The van der Waals surface area contributed by atoms with Gasteiger partial charge < -0.3 is 4.74 Å². The Hall–Kier alpha value is -0.740. The van der Waals surface area contributed by atoms with Crippen LogP contribution in [0.5, 0.6) is 0 Å². The first kappa shape index (κ1) is 10.3. The van der Waals surface area contributed by atoms with E-state index in [2.05, 4.69) is 4.74 Å². The van der Waals surface area contributed by atoms with Crippen LogP contribution in [0.4, 0.5) is 17.6 Å². The highest BCUT2D eigenvalue weighted by atomic mass is 19.4. The van der Waals surface area contributed by atoms with E-state index in [1.807, 2.05) is 0 Å². The van der Waals surface area contributed by atoms with Crippen LogP contribution in [0.15, 0.2) is 12.1 Å². The number of hydrogen-bond donors (Lipinski definition) is 0.